The van der Waals surface area contributed by atoms with Crippen LogP contribution in [0.25, 0.3) is 22.3 Å². The lowest BCUT2D eigenvalue weighted by molar-refractivity contribution is -0.929. The van der Waals surface area contributed by atoms with Crippen LogP contribution in [0.1, 0.15) is 110 Å². The molecule has 0 saturated heterocycles. The Morgan fingerprint density at radius 3 is 1.57 bits per heavy atom. The normalized spacial score (nSPS) is 15.7. The first-order valence-corrected chi connectivity index (χ1v) is 21.6. The molecule has 0 fully saturated rings. The first kappa shape index (κ1) is 44.1. The third kappa shape index (κ3) is 9.82. The van der Waals surface area contributed by atoms with Gasteiger partial charge in [-0.25, -0.2) is 0 Å². The zero-order chi connectivity index (χ0) is 41.8. The van der Waals surface area contributed by atoms with E-state index in [0.717, 1.165) is 39.1 Å². The van der Waals surface area contributed by atoms with Crippen molar-refractivity contribution in [2.45, 2.75) is 111 Å². The van der Waals surface area contributed by atoms with E-state index in [1.54, 1.807) is 18.2 Å². The molecular weight excluding hydrogens is 719 g/mol. The van der Waals surface area contributed by atoms with E-state index >= 15 is 0 Å². The number of hydrogen-bond acceptors (Lipinski definition) is 5. The molecule has 7 heteroatoms. The maximum atomic E-state index is 13.2. The van der Waals surface area contributed by atoms with E-state index in [9.17, 15) is 20.3 Å². The van der Waals surface area contributed by atoms with Gasteiger partial charge in [0.2, 0.25) is 0 Å². The summed E-state index contributed by atoms with van der Waals surface area (Å²) in [6, 6.07) is 37.3. The fourth-order valence-corrected chi connectivity index (χ4v) is 8.65. The molecule has 0 aliphatic carbocycles. The molecule has 1 unspecified atom stereocenters. The summed E-state index contributed by atoms with van der Waals surface area (Å²) in [7, 11) is 0. The number of non-ortho nitro benzene ring substituents is 1. The van der Waals surface area contributed by atoms with E-state index in [-0.39, 0.29) is 18.0 Å². The van der Waals surface area contributed by atoms with Gasteiger partial charge in [0.15, 0.2) is 5.72 Å². The lowest BCUT2D eigenvalue weighted by Gasteiger charge is -2.44. The molecule has 0 radical (unpaired) electrons. The number of benzene rings is 5. The number of anilines is 1. The Balaban J connectivity index is 0.000000320. The fraction of sp³-hybridized carbons (Fsp3) is 0.412. The molecule has 5 aromatic carbocycles. The van der Waals surface area contributed by atoms with Gasteiger partial charge in [0.1, 0.15) is 0 Å². The Hall–Kier alpha value is -4.98. The molecule has 0 saturated carbocycles. The van der Waals surface area contributed by atoms with Crippen molar-refractivity contribution in [3.8, 4) is 28.0 Å². The van der Waals surface area contributed by atoms with Gasteiger partial charge in [-0.15, -0.1) is 5.75 Å². The Morgan fingerprint density at radius 1 is 0.621 bits per heavy atom. The monoisotopic (exact) mass is 783 g/mol. The van der Waals surface area contributed by atoms with Crippen LogP contribution in [-0.2, 0) is 17.7 Å². The van der Waals surface area contributed by atoms with Crippen molar-refractivity contribution in [2.24, 2.45) is 0 Å². The molecule has 5 aromatic rings. The molecule has 0 bridgehead atoms. The number of nitro benzene ring substituents is 1. The number of aliphatic hydroxyl groups is 1. The van der Waals surface area contributed by atoms with E-state index in [4.69, 9.17) is 0 Å². The molecule has 7 nitrogen and oxygen atoms in total. The van der Waals surface area contributed by atoms with Gasteiger partial charge in [-0.05, 0) is 83.3 Å². The van der Waals surface area contributed by atoms with Gasteiger partial charge in [0.25, 0.3) is 5.69 Å². The Bertz CT molecular complexity index is 2010. The smallest absolute Gasteiger partial charge is 0.269 e. The summed E-state index contributed by atoms with van der Waals surface area (Å²) < 4.78 is 1.42. The maximum Gasteiger partial charge on any atom is 0.269 e. The number of nitro groups is 1. The second kappa shape index (κ2) is 20.1. The first-order chi connectivity index (χ1) is 27.9. The van der Waals surface area contributed by atoms with E-state index < -0.39 is 16.1 Å². The molecule has 1 atom stereocenters. The van der Waals surface area contributed by atoms with Gasteiger partial charge in [-0.1, -0.05) is 152 Å². The van der Waals surface area contributed by atoms with Crippen molar-refractivity contribution in [3.05, 3.63) is 148 Å². The van der Waals surface area contributed by atoms with Gasteiger partial charge in [0, 0.05) is 35.3 Å². The predicted molar refractivity (Wildman–Crippen MR) is 239 cm³/mol. The third-order valence-corrected chi connectivity index (χ3v) is 12.3. The van der Waals surface area contributed by atoms with Gasteiger partial charge in [0.05, 0.1) is 31.1 Å². The van der Waals surface area contributed by atoms with Crippen molar-refractivity contribution in [2.75, 3.05) is 31.1 Å². The first-order valence-electron chi connectivity index (χ1n) is 21.6. The van der Waals surface area contributed by atoms with E-state index in [2.05, 4.69) is 27.7 Å². The van der Waals surface area contributed by atoms with Crippen LogP contribution in [0.3, 0.4) is 0 Å². The molecule has 58 heavy (non-hydrogen) atoms. The lowest BCUT2D eigenvalue weighted by Crippen LogP contribution is -2.52. The maximum absolute atomic E-state index is 13.2. The van der Waals surface area contributed by atoms with Crippen LogP contribution < -0.4 is 10.0 Å². The van der Waals surface area contributed by atoms with Crippen molar-refractivity contribution in [3.63, 3.8) is 0 Å². The van der Waals surface area contributed by atoms with Crippen LogP contribution in [-0.4, -0.2) is 40.7 Å². The predicted octanol–water partition coefficient (Wildman–Crippen LogP) is 12.1. The minimum absolute atomic E-state index is 0.0544. The fourth-order valence-electron chi connectivity index (χ4n) is 8.65. The highest BCUT2D eigenvalue weighted by atomic mass is 16.6. The van der Waals surface area contributed by atoms with Crippen molar-refractivity contribution in [1.82, 2.24) is 0 Å². The van der Waals surface area contributed by atoms with Crippen LogP contribution in [0.5, 0.6) is 5.75 Å². The number of para-hydroxylation sites is 1. The number of unbranched alkanes of at least 4 members (excludes halogenated alkanes) is 4. The second-order valence-corrected chi connectivity index (χ2v) is 16.6. The molecule has 0 spiro atoms. The third-order valence-electron chi connectivity index (χ3n) is 12.3. The number of nitrogens with zero attached hydrogens (tertiary/aromatic N) is 3. The summed E-state index contributed by atoms with van der Waals surface area (Å²) in [5.41, 5.74) is 4.99. The largest absolute Gasteiger partial charge is 0.872 e. The van der Waals surface area contributed by atoms with Gasteiger partial charge in [-0.2, -0.15) is 0 Å². The second-order valence-electron chi connectivity index (χ2n) is 16.6. The summed E-state index contributed by atoms with van der Waals surface area (Å²) in [4.78, 5) is 12.5. The van der Waals surface area contributed by atoms with Crippen LogP contribution >= 0.6 is 0 Å². The highest BCUT2D eigenvalue weighted by Crippen LogP contribution is 2.56. The Kier molecular flexibility index (Phi) is 15.3. The van der Waals surface area contributed by atoms with Crippen molar-refractivity contribution in [1.29, 1.82) is 0 Å². The van der Waals surface area contributed by atoms with Gasteiger partial charge < -0.3 is 19.6 Å². The molecule has 1 heterocycles. The Morgan fingerprint density at radius 2 is 1.07 bits per heavy atom. The summed E-state index contributed by atoms with van der Waals surface area (Å²) in [5, 5.41) is 36.6. The lowest BCUT2D eigenvalue weighted by atomic mass is 9.74. The zero-order valence-electron chi connectivity index (χ0n) is 35.8. The number of hydrogen-bond donors (Lipinski definition) is 1. The highest BCUT2D eigenvalue weighted by molar-refractivity contribution is 5.73. The van der Waals surface area contributed by atoms with E-state index in [1.807, 2.05) is 110 Å². The van der Waals surface area contributed by atoms with Crippen LogP contribution in [0.2, 0.25) is 0 Å². The molecule has 6 rings (SSSR count). The molecule has 308 valence electrons. The standard InChI is InChI=1S/C35H30N2O4.C16H36N/c1-34(2)31-10-6-7-11-32(31)36(35(34,39)29-8-4-3-5-9-29)23-28-22-27(18-21-33(28)38)26-14-12-24(13-15-26)25-16-19-30(20-17-25)37(40)41;1-5-9-13-17(14-10-6-2,15-11-7-3)16-12-8-4/h3-22,38-39H,23H2,1-2H3;5-16H2,1-4H3/q;+1/p-1. The van der Waals surface area contributed by atoms with Crippen LogP contribution in [0.15, 0.2) is 121 Å². The number of fused-ring (bicyclic) bond motifs is 1. The van der Waals surface area contributed by atoms with Gasteiger partial charge >= 0.3 is 0 Å². The zero-order valence-corrected chi connectivity index (χ0v) is 35.8. The SMILES string of the molecule is CC1(C)c2ccccc2N(Cc2cc(-c3ccc(-c4ccc([N+](=O)[O-])cc4)cc3)ccc2[O-])C1(O)c1ccccc1.CCCC[N+](CCCC)(CCCC)CCCC. The van der Waals surface area contributed by atoms with Crippen LogP contribution in [0.4, 0.5) is 11.4 Å². The van der Waals surface area contributed by atoms with E-state index in [0.29, 0.717) is 5.56 Å². The highest BCUT2D eigenvalue weighted by Gasteiger charge is 2.57. The summed E-state index contributed by atoms with van der Waals surface area (Å²) >= 11 is 0. The summed E-state index contributed by atoms with van der Waals surface area (Å²) in [6.07, 6.45) is 11.1. The molecule has 0 amide bonds. The molecule has 0 aromatic heterocycles. The average molecular weight is 784 g/mol. The quantitative estimate of drug-likeness (QED) is 0.0543. The summed E-state index contributed by atoms with van der Waals surface area (Å²) in [5.74, 6) is -0.0890. The van der Waals surface area contributed by atoms with E-state index in [1.165, 1.54) is 94.2 Å². The topological polar surface area (TPSA) is 89.7 Å². The van der Waals surface area contributed by atoms with Crippen molar-refractivity contribution < 1.29 is 19.6 Å². The minimum atomic E-state index is -1.37. The minimum Gasteiger partial charge on any atom is -0.872 e. The van der Waals surface area contributed by atoms with Crippen LogP contribution in [0, 0.1) is 10.1 Å². The number of rotatable bonds is 18. The van der Waals surface area contributed by atoms with Crippen molar-refractivity contribution >= 4 is 11.4 Å². The molecule has 1 aliphatic rings. The number of quaternary nitrogens is 1. The average Bonchev–Trinajstić information content (AvgIpc) is 3.42. The van der Waals surface area contributed by atoms with Gasteiger partial charge in [-0.3, -0.25) is 10.1 Å². The summed E-state index contributed by atoms with van der Waals surface area (Å²) in [6.45, 7) is 19.3. The molecule has 1 N–H and O–H groups in total. The Labute approximate surface area is 347 Å². The molecular formula is C51H65N3O4. The molecule has 1 aliphatic heterocycles.